The maximum Gasteiger partial charge on any atom is 0.231 e. The number of aryl methyl sites for hydroxylation is 3. The van der Waals surface area contributed by atoms with Gasteiger partial charge in [0.1, 0.15) is 11.7 Å². The molecule has 0 atom stereocenters. The summed E-state index contributed by atoms with van der Waals surface area (Å²) in [6, 6.07) is 13.6. The number of benzene rings is 2. The Labute approximate surface area is 165 Å². The first-order valence-corrected chi connectivity index (χ1v) is 10.8. The standard InChI is InChI=1S/C20H25N5O2S/c1-22-20(21)15-8-5-14(6-9-15)7-12-19-23-17-13-16(25(3)28(4,26)27)10-11-18(17)24(19)2/h5-6,8-11,13H,7,12H2,1-4H3,(H2,21,22). The number of hydrogen-bond donors (Lipinski definition) is 1. The molecule has 0 aliphatic rings. The second-order valence-corrected chi connectivity index (χ2v) is 8.81. The molecule has 0 spiro atoms. The van der Waals surface area contributed by atoms with Crippen LogP contribution in [0.4, 0.5) is 5.69 Å². The van der Waals surface area contributed by atoms with E-state index >= 15 is 0 Å². The molecule has 0 aliphatic heterocycles. The van der Waals surface area contributed by atoms with E-state index in [-0.39, 0.29) is 0 Å². The maximum atomic E-state index is 11.8. The molecule has 0 radical (unpaired) electrons. The molecule has 0 bridgehead atoms. The fraction of sp³-hybridized carbons (Fsp3) is 0.300. The molecule has 148 valence electrons. The Morgan fingerprint density at radius 1 is 1.18 bits per heavy atom. The van der Waals surface area contributed by atoms with Gasteiger partial charge in [-0.1, -0.05) is 24.3 Å². The van der Waals surface area contributed by atoms with Gasteiger partial charge in [0.15, 0.2) is 0 Å². The van der Waals surface area contributed by atoms with E-state index in [2.05, 4.69) is 21.7 Å². The van der Waals surface area contributed by atoms with Gasteiger partial charge in [0.25, 0.3) is 0 Å². The normalized spacial score (nSPS) is 12.5. The average Bonchev–Trinajstić information content (AvgIpc) is 3.00. The van der Waals surface area contributed by atoms with Crippen molar-refractivity contribution in [3.8, 4) is 0 Å². The largest absolute Gasteiger partial charge is 0.384 e. The topological polar surface area (TPSA) is 93.6 Å². The number of sulfonamides is 1. The van der Waals surface area contributed by atoms with Gasteiger partial charge in [0, 0.05) is 33.1 Å². The quantitative estimate of drug-likeness (QED) is 0.507. The average molecular weight is 400 g/mol. The molecule has 28 heavy (non-hydrogen) atoms. The molecule has 0 aliphatic carbocycles. The number of anilines is 1. The Morgan fingerprint density at radius 3 is 2.46 bits per heavy atom. The minimum absolute atomic E-state index is 0.525. The van der Waals surface area contributed by atoms with Crippen molar-refractivity contribution in [2.24, 2.45) is 17.8 Å². The molecule has 2 N–H and O–H groups in total. The Bertz CT molecular complexity index is 1130. The smallest absolute Gasteiger partial charge is 0.231 e. The van der Waals surface area contributed by atoms with E-state index in [0.717, 1.165) is 35.3 Å². The third kappa shape index (κ3) is 4.01. The van der Waals surface area contributed by atoms with Crippen molar-refractivity contribution in [1.82, 2.24) is 9.55 Å². The molecular formula is C20H25N5O2S. The number of nitrogens with two attached hydrogens (primary N) is 1. The molecule has 0 fully saturated rings. The van der Waals surface area contributed by atoms with E-state index in [4.69, 9.17) is 10.7 Å². The lowest BCUT2D eigenvalue weighted by atomic mass is 10.1. The molecule has 2 aromatic carbocycles. The zero-order chi connectivity index (χ0) is 20.5. The summed E-state index contributed by atoms with van der Waals surface area (Å²) in [4.78, 5) is 8.71. The molecule has 1 aromatic heterocycles. The number of rotatable bonds is 6. The molecule has 7 nitrogen and oxygen atoms in total. The highest BCUT2D eigenvalue weighted by Crippen LogP contribution is 2.23. The van der Waals surface area contributed by atoms with E-state index in [0.29, 0.717) is 11.5 Å². The van der Waals surface area contributed by atoms with Crippen molar-refractivity contribution >= 4 is 32.6 Å². The highest BCUT2D eigenvalue weighted by atomic mass is 32.2. The Kier molecular flexibility index (Phi) is 5.42. The van der Waals surface area contributed by atoms with Crippen molar-refractivity contribution in [2.75, 3.05) is 24.7 Å². The summed E-state index contributed by atoms with van der Waals surface area (Å²) in [5.41, 5.74) is 10.3. The van der Waals surface area contributed by atoms with Crippen molar-refractivity contribution in [1.29, 1.82) is 0 Å². The minimum Gasteiger partial charge on any atom is -0.384 e. The lowest BCUT2D eigenvalue weighted by Crippen LogP contribution is -2.24. The van der Waals surface area contributed by atoms with Gasteiger partial charge >= 0.3 is 0 Å². The predicted octanol–water partition coefficient (Wildman–Crippen LogP) is 2.09. The lowest BCUT2D eigenvalue weighted by molar-refractivity contribution is 0.600. The molecule has 0 saturated heterocycles. The molecule has 0 saturated carbocycles. The van der Waals surface area contributed by atoms with Crippen LogP contribution in [0.25, 0.3) is 11.0 Å². The highest BCUT2D eigenvalue weighted by Gasteiger charge is 2.15. The van der Waals surface area contributed by atoms with Crippen molar-refractivity contribution < 1.29 is 8.42 Å². The maximum absolute atomic E-state index is 11.8. The van der Waals surface area contributed by atoms with Crippen LogP contribution in [0.3, 0.4) is 0 Å². The summed E-state index contributed by atoms with van der Waals surface area (Å²) in [5.74, 6) is 1.48. The first-order chi connectivity index (χ1) is 13.2. The third-order valence-electron chi connectivity index (χ3n) is 4.95. The molecule has 3 rings (SSSR count). The number of aromatic nitrogens is 2. The number of amidine groups is 1. The second kappa shape index (κ2) is 7.63. The summed E-state index contributed by atoms with van der Waals surface area (Å²) < 4.78 is 26.8. The van der Waals surface area contributed by atoms with Gasteiger partial charge in [-0.3, -0.25) is 9.30 Å². The van der Waals surface area contributed by atoms with Crippen LogP contribution in [0.2, 0.25) is 0 Å². The molecule has 8 heteroatoms. The number of imidazole rings is 1. The van der Waals surface area contributed by atoms with Gasteiger partial charge in [-0.15, -0.1) is 0 Å². The number of nitrogens with zero attached hydrogens (tertiary/aromatic N) is 4. The summed E-state index contributed by atoms with van der Waals surface area (Å²) in [5, 5.41) is 0. The predicted molar refractivity (Wildman–Crippen MR) is 114 cm³/mol. The summed E-state index contributed by atoms with van der Waals surface area (Å²) in [7, 11) is 1.89. The van der Waals surface area contributed by atoms with E-state index < -0.39 is 10.0 Å². The van der Waals surface area contributed by atoms with Gasteiger partial charge in [-0.2, -0.15) is 0 Å². The molecule has 3 aromatic rings. The van der Waals surface area contributed by atoms with E-state index in [1.807, 2.05) is 31.3 Å². The van der Waals surface area contributed by atoms with Crippen LogP contribution in [0.15, 0.2) is 47.5 Å². The zero-order valence-electron chi connectivity index (χ0n) is 16.5. The first kappa shape index (κ1) is 19.9. The number of aliphatic imine (C=N–C) groups is 1. The van der Waals surface area contributed by atoms with Crippen LogP contribution in [-0.2, 0) is 29.9 Å². The molecule has 1 heterocycles. The SMILES string of the molecule is CN=C(N)c1ccc(CCc2nc3cc(N(C)S(C)(=O)=O)ccc3n2C)cc1. The first-order valence-electron chi connectivity index (χ1n) is 8.91. The van der Waals surface area contributed by atoms with Crippen LogP contribution in [0.1, 0.15) is 17.0 Å². The van der Waals surface area contributed by atoms with Gasteiger partial charge in [0.2, 0.25) is 10.0 Å². The van der Waals surface area contributed by atoms with Gasteiger partial charge in [-0.25, -0.2) is 13.4 Å². The third-order valence-corrected chi connectivity index (χ3v) is 6.15. The van der Waals surface area contributed by atoms with Crippen LogP contribution in [0.5, 0.6) is 0 Å². The lowest BCUT2D eigenvalue weighted by Gasteiger charge is -2.16. The van der Waals surface area contributed by atoms with E-state index in [9.17, 15) is 8.42 Å². The Morgan fingerprint density at radius 2 is 1.86 bits per heavy atom. The van der Waals surface area contributed by atoms with E-state index in [1.54, 1.807) is 20.2 Å². The van der Waals surface area contributed by atoms with Gasteiger partial charge < -0.3 is 10.3 Å². The van der Waals surface area contributed by atoms with E-state index in [1.165, 1.54) is 16.1 Å². The van der Waals surface area contributed by atoms with Crippen molar-refractivity contribution in [3.05, 3.63) is 59.4 Å². The van der Waals surface area contributed by atoms with Gasteiger partial charge in [-0.05, 0) is 30.2 Å². The van der Waals surface area contributed by atoms with Gasteiger partial charge in [0.05, 0.1) is 23.0 Å². The molecular weight excluding hydrogens is 374 g/mol. The number of hydrogen-bond acceptors (Lipinski definition) is 4. The van der Waals surface area contributed by atoms with Crippen LogP contribution < -0.4 is 10.0 Å². The number of fused-ring (bicyclic) bond motifs is 1. The summed E-state index contributed by atoms with van der Waals surface area (Å²) in [6.45, 7) is 0. The highest BCUT2D eigenvalue weighted by molar-refractivity contribution is 7.92. The fourth-order valence-corrected chi connectivity index (χ4v) is 3.57. The molecule has 0 unspecified atom stereocenters. The van der Waals surface area contributed by atoms with Crippen molar-refractivity contribution in [2.45, 2.75) is 12.8 Å². The monoisotopic (exact) mass is 399 g/mol. The fourth-order valence-electron chi connectivity index (χ4n) is 3.08. The second-order valence-electron chi connectivity index (χ2n) is 6.80. The van der Waals surface area contributed by atoms with Crippen LogP contribution in [-0.4, -0.2) is 44.2 Å². The minimum atomic E-state index is -3.30. The molecule has 0 amide bonds. The summed E-state index contributed by atoms with van der Waals surface area (Å²) in [6.07, 6.45) is 2.81. The summed E-state index contributed by atoms with van der Waals surface area (Å²) >= 11 is 0. The Balaban J connectivity index is 1.81. The Hall–Kier alpha value is -2.87. The van der Waals surface area contributed by atoms with Crippen LogP contribution >= 0.6 is 0 Å². The van der Waals surface area contributed by atoms with Crippen molar-refractivity contribution in [3.63, 3.8) is 0 Å². The zero-order valence-corrected chi connectivity index (χ0v) is 17.4. The van der Waals surface area contributed by atoms with Crippen LogP contribution in [0, 0.1) is 0 Å².